The first kappa shape index (κ1) is 47.5. The fourth-order valence-electron chi connectivity index (χ4n) is 13.6. The minimum atomic E-state index is -0.766. The van der Waals surface area contributed by atoms with E-state index in [9.17, 15) is 19.2 Å². The Morgan fingerprint density at radius 1 is 0.533 bits per heavy atom. The highest BCUT2D eigenvalue weighted by Gasteiger charge is 2.41. The summed E-state index contributed by atoms with van der Waals surface area (Å²) in [5.74, 6) is 3.19. The minimum absolute atomic E-state index is 0.0236. The fraction of sp³-hybridized carbons (Fsp3) is 0.443. The average Bonchev–Trinajstić information content (AvgIpc) is 4.30. The van der Waals surface area contributed by atoms with Gasteiger partial charge in [0.05, 0.1) is 35.9 Å². The van der Waals surface area contributed by atoms with E-state index in [1.165, 1.54) is 31.2 Å². The highest BCUT2D eigenvalue weighted by molar-refractivity contribution is 5.92. The van der Waals surface area contributed by atoms with Crippen LogP contribution in [0.2, 0.25) is 0 Å². The number of nitrogens with zero attached hydrogens (tertiary/aromatic N) is 4. The Bertz CT molecular complexity index is 3080. The number of H-pyrrole nitrogens is 2. The van der Waals surface area contributed by atoms with Gasteiger partial charge in [0.2, 0.25) is 23.6 Å². The van der Waals surface area contributed by atoms with E-state index < -0.39 is 12.1 Å². The smallest absolute Gasteiger partial charge is 0.250 e. The summed E-state index contributed by atoms with van der Waals surface area (Å²) < 4.78 is 13.1. The quantitative estimate of drug-likeness (QED) is 0.0884. The van der Waals surface area contributed by atoms with Crippen molar-refractivity contribution in [1.29, 1.82) is 0 Å². The number of amides is 4. The minimum Gasteiger partial charge on any atom is -0.488 e. The van der Waals surface area contributed by atoms with Crippen molar-refractivity contribution in [3.8, 4) is 45.1 Å². The Balaban J connectivity index is 0.722. The normalized spacial score (nSPS) is 21.2. The second kappa shape index (κ2) is 20.1. The van der Waals surface area contributed by atoms with Gasteiger partial charge in [-0.1, -0.05) is 93.1 Å². The molecule has 3 aliphatic carbocycles. The summed E-state index contributed by atoms with van der Waals surface area (Å²) in [5, 5.41) is 6.38. The largest absolute Gasteiger partial charge is 0.488 e. The molecule has 4 aliphatic heterocycles. The van der Waals surface area contributed by atoms with Gasteiger partial charge in [0.25, 0.3) is 0 Å². The number of hydrogen-bond acceptors (Lipinski definition) is 8. The first-order chi connectivity index (χ1) is 36.8. The van der Waals surface area contributed by atoms with E-state index in [-0.39, 0.29) is 47.5 Å². The number of nitrogens with one attached hydrogen (secondary N) is 4. The van der Waals surface area contributed by atoms with Crippen molar-refractivity contribution in [2.75, 3.05) is 13.1 Å². The lowest BCUT2D eigenvalue weighted by Crippen LogP contribution is -2.44. The molecule has 14 heteroatoms. The topological polar surface area (TPSA) is 175 Å². The van der Waals surface area contributed by atoms with Gasteiger partial charge in [-0.2, -0.15) is 0 Å². The number of benzene rings is 4. The molecule has 2 saturated heterocycles. The third-order valence-corrected chi connectivity index (χ3v) is 17.6. The van der Waals surface area contributed by atoms with Crippen molar-refractivity contribution < 1.29 is 28.7 Å². The van der Waals surface area contributed by atoms with Crippen LogP contribution in [0.15, 0.2) is 91.3 Å². The summed E-state index contributed by atoms with van der Waals surface area (Å²) >= 11 is 0. The highest BCUT2D eigenvalue weighted by atomic mass is 16.5. The maximum Gasteiger partial charge on any atom is 0.250 e. The Morgan fingerprint density at radius 3 is 1.47 bits per heavy atom. The molecule has 3 saturated carbocycles. The van der Waals surface area contributed by atoms with E-state index in [0.717, 1.165) is 156 Å². The lowest BCUT2D eigenvalue weighted by atomic mass is 9.87. The van der Waals surface area contributed by atoms with Crippen molar-refractivity contribution in [2.24, 2.45) is 11.8 Å². The number of carbonyl (C=O) groups excluding carboxylic acids is 4. The van der Waals surface area contributed by atoms with E-state index in [4.69, 9.17) is 19.4 Å². The van der Waals surface area contributed by atoms with Gasteiger partial charge >= 0.3 is 0 Å². The van der Waals surface area contributed by atoms with Crippen LogP contribution in [-0.2, 0) is 32.4 Å². The molecule has 6 heterocycles. The molecule has 6 aromatic rings. The number of aromatic nitrogens is 4. The molecule has 4 amide bonds. The molecule has 14 nitrogen and oxygen atoms in total. The molecular formula is C61H66N8O6. The summed E-state index contributed by atoms with van der Waals surface area (Å²) in [7, 11) is 0. The molecule has 0 unspecified atom stereocenters. The first-order valence-electron chi connectivity index (χ1n) is 27.9. The fourth-order valence-corrected chi connectivity index (χ4v) is 13.6. The predicted molar refractivity (Wildman–Crippen MR) is 283 cm³/mol. The standard InChI is InChI=1S/C61H66N8O6/c70-58(40-16-6-7-17-40)66-54(38-14-2-1-3-15-38)60(72)68-26-10-20-48(68)56-62-32-46(64-56)42-28-44-34-75-51-31-43(29-45-35-74-50(30-42)52(44)53(45)51)47-33-63-57(65-47)49-21-11-27-69(49)61(73)55(67-59(71)41-18-8-9-19-41)39-24-22-37(23-25-39)36-12-4-5-13-36/h1-3,14-15,22-25,28-33,36,40-41,48-49,54-55H,4-13,16-21,26-27,34-35H2,(H,62,64)(H,63,65)(H,66,70)(H,67,71)/t48-,49-,54+,55+/m0/s1. The van der Waals surface area contributed by atoms with E-state index >= 15 is 0 Å². The van der Waals surface area contributed by atoms with Crippen molar-refractivity contribution in [2.45, 2.75) is 146 Å². The summed E-state index contributed by atoms with van der Waals surface area (Å²) in [6, 6.07) is 24.4. The summed E-state index contributed by atoms with van der Waals surface area (Å²) in [6.45, 7) is 1.88. The lowest BCUT2D eigenvalue weighted by Gasteiger charge is -2.30. The average molecular weight is 1010 g/mol. The lowest BCUT2D eigenvalue weighted by molar-refractivity contribution is -0.138. The number of carbonyl (C=O) groups is 4. The number of rotatable bonds is 13. The van der Waals surface area contributed by atoms with Gasteiger partial charge in [-0.25, -0.2) is 9.97 Å². The molecule has 2 aromatic heterocycles. The molecule has 13 rings (SSSR count). The second-order valence-electron chi connectivity index (χ2n) is 22.2. The number of aromatic amines is 2. The van der Waals surface area contributed by atoms with Crippen LogP contribution in [0.4, 0.5) is 0 Å². The third kappa shape index (κ3) is 9.07. The van der Waals surface area contributed by atoms with Crippen molar-refractivity contribution >= 4 is 23.6 Å². The maximum absolute atomic E-state index is 14.8. The SMILES string of the molecule is O=C(N[C@@H](C(=O)N1CCC[C@H]1c1ncc(-c2cc3c4c(c2)OCc2cc(-c5cnc([C@@H]6CCCN6C(=O)[C@H](NC(=O)C6CCCC6)c6ccc(C7CCCC7)cc6)[nH]5)cc(c2-4)OC3)[nH]1)c1ccccc1)C1CCCC1. The molecule has 4 N–H and O–H groups in total. The van der Waals surface area contributed by atoms with E-state index in [1.807, 2.05) is 52.5 Å². The molecule has 4 aromatic carbocycles. The van der Waals surface area contributed by atoms with Gasteiger partial charge in [-0.3, -0.25) is 19.2 Å². The zero-order chi connectivity index (χ0) is 50.6. The van der Waals surface area contributed by atoms with Crippen LogP contribution in [0.1, 0.15) is 172 Å². The third-order valence-electron chi connectivity index (χ3n) is 17.6. The van der Waals surface area contributed by atoms with Crippen LogP contribution in [0.3, 0.4) is 0 Å². The van der Waals surface area contributed by atoms with Crippen LogP contribution in [0, 0.1) is 11.8 Å². The van der Waals surface area contributed by atoms with E-state index in [0.29, 0.717) is 32.2 Å². The molecule has 0 bridgehead atoms. The molecule has 75 heavy (non-hydrogen) atoms. The Labute approximate surface area is 437 Å². The van der Waals surface area contributed by atoms with Gasteiger partial charge in [0, 0.05) is 58.3 Å². The molecule has 386 valence electrons. The summed E-state index contributed by atoms with van der Waals surface area (Å²) in [6.07, 6.45) is 19.4. The summed E-state index contributed by atoms with van der Waals surface area (Å²) in [5.41, 5.74) is 10.5. The zero-order valence-corrected chi connectivity index (χ0v) is 42.6. The van der Waals surface area contributed by atoms with E-state index in [1.54, 1.807) is 0 Å². The van der Waals surface area contributed by atoms with Crippen LogP contribution < -0.4 is 20.1 Å². The van der Waals surface area contributed by atoms with Crippen molar-refractivity contribution in [3.05, 3.63) is 131 Å². The van der Waals surface area contributed by atoms with Crippen LogP contribution >= 0.6 is 0 Å². The van der Waals surface area contributed by atoms with Gasteiger partial charge < -0.3 is 39.9 Å². The molecular weight excluding hydrogens is 941 g/mol. The van der Waals surface area contributed by atoms with Crippen molar-refractivity contribution in [3.63, 3.8) is 0 Å². The van der Waals surface area contributed by atoms with E-state index in [2.05, 4.69) is 69.1 Å². The first-order valence-corrected chi connectivity index (χ1v) is 27.9. The van der Waals surface area contributed by atoms with Crippen LogP contribution in [0.25, 0.3) is 33.6 Å². The Morgan fingerprint density at radius 2 is 0.987 bits per heavy atom. The Hall–Kier alpha value is -7.22. The molecule has 0 spiro atoms. The van der Waals surface area contributed by atoms with Gasteiger partial charge in [-0.15, -0.1) is 0 Å². The predicted octanol–water partition coefficient (Wildman–Crippen LogP) is 11.0. The molecule has 5 fully saturated rings. The number of likely N-dealkylation sites (tertiary alicyclic amines) is 2. The number of imidazole rings is 2. The van der Waals surface area contributed by atoms with Crippen LogP contribution in [-0.4, -0.2) is 66.5 Å². The zero-order valence-electron chi connectivity index (χ0n) is 42.6. The number of hydrogen-bond donors (Lipinski definition) is 4. The maximum atomic E-state index is 14.8. The van der Waals surface area contributed by atoms with Gasteiger partial charge in [0.15, 0.2) is 0 Å². The molecule has 7 aliphatic rings. The Kier molecular flexibility index (Phi) is 12.8. The monoisotopic (exact) mass is 1010 g/mol. The van der Waals surface area contributed by atoms with Gasteiger partial charge in [-0.05, 0) is 111 Å². The second-order valence-corrected chi connectivity index (χ2v) is 22.2. The molecule has 4 atom stereocenters. The van der Waals surface area contributed by atoms with Crippen molar-refractivity contribution in [1.82, 2.24) is 40.4 Å². The van der Waals surface area contributed by atoms with Gasteiger partial charge in [0.1, 0.15) is 48.4 Å². The summed E-state index contributed by atoms with van der Waals surface area (Å²) in [4.78, 5) is 77.1. The number of ether oxygens (including phenoxy) is 2. The highest BCUT2D eigenvalue weighted by Crippen LogP contribution is 2.51. The van der Waals surface area contributed by atoms with Crippen LogP contribution in [0.5, 0.6) is 11.5 Å². The molecule has 0 radical (unpaired) electrons.